The lowest BCUT2D eigenvalue weighted by Crippen LogP contribution is -2.05. The van der Waals surface area contributed by atoms with E-state index in [0.29, 0.717) is 5.88 Å². The standard InChI is InChI=1S/C16H15N3O/c1-11(17)13-5-7-16(19-10-13)20-14-6-4-12-3-2-8-18-15(12)9-14/h2-11H,17H2,1H3. The lowest BCUT2D eigenvalue weighted by Gasteiger charge is -2.08. The molecule has 0 bridgehead atoms. The van der Waals surface area contributed by atoms with Gasteiger partial charge in [0.1, 0.15) is 5.75 Å². The van der Waals surface area contributed by atoms with Gasteiger partial charge in [0.25, 0.3) is 0 Å². The number of pyridine rings is 2. The van der Waals surface area contributed by atoms with E-state index in [1.165, 1.54) is 0 Å². The molecule has 4 nitrogen and oxygen atoms in total. The Morgan fingerprint density at radius 3 is 2.75 bits per heavy atom. The second-order valence-electron chi connectivity index (χ2n) is 4.68. The largest absolute Gasteiger partial charge is 0.439 e. The molecule has 2 heterocycles. The molecule has 0 saturated heterocycles. The van der Waals surface area contributed by atoms with Gasteiger partial charge in [-0.2, -0.15) is 0 Å². The van der Waals surface area contributed by atoms with Crippen molar-refractivity contribution < 1.29 is 4.74 Å². The Morgan fingerprint density at radius 1 is 1.10 bits per heavy atom. The van der Waals surface area contributed by atoms with Crippen molar-refractivity contribution in [1.29, 1.82) is 0 Å². The van der Waals surface area contributed by atoms with Gasteiger partial charge in [0.2, 0.25) is 5.88 Å². The first kappa shape index (κ1) is 12.6. The van der Waals surface area contributed by atoms with E-state index in [1.54, 1.807) is 12.4 Å². The van der Waals surface area contributed by atoms with Gasteiger partial charge in [0.15, 0.2) is 0 Å². The number of rotatable bonds is 3. The Balaban J connectivity index is 1.85. The molecule has 0 amide bonds. The molecule has 0 fully saturated rings. The molecule has 0 aliphatic rings. The fourth-order valence-electron chi connectivity index (χ4n) is 1.95. The van der Waals surface area contributed by atoms with Gasteiger partial charge in [-0.15, -0.1) is 0 Å². The normalized spacial score (nSPS) is 12.3. The number of hydrogen-bond acceptors (Lipinski definition) is 4. The molecule has 20 heavy (non-hydrogen) atoms. The van der Waals surface area contributed by atoms with Crippen molar-refractivity contribution in [1.82, 2.24) is 9.97 Å². The van der Waals surface area contributed by atoms with Gasteiger partial charge in [-0.3, -0.25) is 4.98 Å². The third-order valence-electron chi connectivity index (χ3n) is 3.08. The highest BCUT2D eigenvalue weighted by Gasteiger charge is 2.03. The minimum absolute atomic E-state index is 0.0265. The van der Waals surface area contributed by atoms with E-state index in [0.717, 1.165) is 22.2 Å². The fraction of sp³-hybridized carbons (Fsp3) is 0.125. The van der Waals surface area contributed by atoms with Crippen LogP contribution in [0.3, 0.4) is 0 Å². The molecule has 1 unspecified atom stereocenters. The van der Waals surface area contributed by atoms with Gasteiger partial charge in [0, 0.05) is 36.0 Å². The predicted octanol–water partition coefficient (Wildman–Crippen LogP) is 3.44. The maximum atomic E-state index is 5.79. The van der Waals surface area contributed by atoms with Crippen LogP contribution in [-0.2, 0) is 0 Å². The monoisotopic (exact) mass is 265 g/mol. The Labute approximate surface area is 117 Å². The number of ether oxygens (including phenoxy) is 1. The summed E-state index contributed by atoms with van der Waals surface area (Å²) in [6, 6.07) is 13.4. The van der Waals surface area contributed by atoms with Crippen molar-refractivity contribution in [2.75, 3.05) is 0 Å². The predicted molar refractivity (Wildman–Crippen MR) is 78.7 cm³/mol. The molecule has 0 aliphatic carbocycles. The summed E-state index contributed by atoms with van der Waals surface area (Å²) in [5, 5.41) is 1.08. The highest BCUT2D eigenvalue weighted by Crippen LogP contribution is 2.23. The average Bonchev–Trinajstić information content (AvgIpc) is 2.48. The number of nitrogens with zero attached hydrogens (tertiary/aromatic N) is 2. The molecule has 0 spiro atoms. The summed E-state index contributed by atoms with van der Waals surface area (Å²) in [7, 11) is 0. The molecule has 0 radical (unpaired) electrons. The summed E-state index contributed by atoms with van der Waals surface area (Å²) in [5.41, 5.74) is 7.67. The van der Waals surface area contributed by atoms with Crippen molar-refractivity contribution in [3.8, 4) is 11.6 Å². The first-order valence-corrected chi connectivity index (χ1v) is 6.46. The molecule has 1 aromatic carbocycles. The SMILES string of the molecule is CC(N)c1ccc(Oc2ccc3cccnc3c2)nc1. The minimum Gasteiger partial charge on any atom is -0.439 e. The molecule has 0 saturated carbocycles. The van der Waals surface area contributed by atoms with E-state index in [4.69, 9.17) is 10.5 Å². The molecule has 2 N–H and O–H groups in total. The van der Waals surface area contributed by atoms with Crippen molar-refractivity contribution in [2.45, 2.75) is 13.0 Å². The molecular weight excluding hydrogens is 250 g/mol. The van der Waals surface area contributed by atoms with E-state index in [-0.39, 0.29) is 6.04 Å². The number of aromatic nitrogens is 2. The maximum Gasteiger partial charge on any atom is 0.219 e. The average molecular weight is 265 g/mol. The van der Waals surface area contributed by atoms with E-state index in [1.807, 2.05) is 49.4 Å². The summed E-state index contributed by atoms with van der Waals surface area (Å²) in [5.74, 6) is 1.27. The summed E-state index contributed by atoms with van der Waals surface area (Å²) < 4.78 is 5.73. The van der Waals surface area contributed by atoms with Crippen LogP contribution in [0.25, 0.3) is 10.9 Å². The van der Waals surface area contributed by atoms with Crippen LogP contribution in [0.4, 0.5) is 0 Å². The maximum absolute atomic E-state index is 5.79. The molecule has 1 atom stereocenters. The van der Waals surface area contributed by atoms with Gasteiger partial charge < -0.3 is 10.5 Å². The van der Waals surface area contributed by atoms with Gasteiger partial charge in [-0.1, -0.05) is 12.1 Å². The van der Waals surface area contributed by atoms with Crippen LogP contribution in [0.2, 0.25) is 0 Å². The van der Waals surface area contributed by atoms with Gasteiger partial charge >= 0.3 is 0 Å². The second-order valence-corrected chi connectivity index (χ2v) is 4.68. The zero-order valence-corrected chi connectivity index (χ0v) is 11.2. The van der Waals surface area contributed by atoms with Gasteiger partial charge in [-0.25, -0.2) is 4.98 Å². The van der Waals surface area contributed by atoms with Crippen LogP contribution in [0, 0.1) is 0 Å². The number of hydrogen-bond donors (Lipinski definition) is 1. The summed E-state index contributed by atoms with van der Waals surface area (Å²) in [6.45, 7) is 1.92. The molecule has 3 rings (SSSR count). The summed E-state index contributed by atoms with van der Waals surface area (Å²) >= 11 is 0. The zero-order valence-electron chi connectivity index (χ0n) is 11.2. The summed E-state index contributed by atoms with van der Waals surface area (Å²) in [6.07, 6.45) is 3.50. The van der Waals surface area contributed by atoms with Crippen molar-refractivity contribution in [3.05, 3.63) is 60.4 Å². The first-order chi connectivity index (χ1) is 9.72. The molecule has 3 aromatic rings. The van der Waals surface area contributed by atoms with Crippen LogP contribution in [0.1, 0.15) is 18.5 Å². The lowest BCUT2D eigenvalue weighted by atomic mass is 10.2. The highest BCUT2D eigenvalue weighted by molar-refractivity contribution is 5.79. The van der Waals surface area contributed by atoms with Crippen LogP contribution in [-0.4, -0.2) is 9.97 Å². The van der Waals surface area contributed by atoms with Crippen molar-refractivity contribution in [2.24, 2.45) is 5.73 Å². The van der Waals surface area contributed by atoms with Crippen LogP contribution >= 0.6 is 0 Å². The zero-order chi connectivity index (χ0) is 13.9. The third-order valence-corrected chi connectivity index (χ3v) is 3.08. The van der Waals surface area contributed by atoms with E-state index < -0.39 is 0 Å². The number of fused-ring (bicyclic) bond motifs is 1. The highest BCUT2D eigenvalue weighted by atomic mass is 16.5. The Morgan fingerprint density at radius 2 is 2.00 bits per heavy atom. The first-order valence-electron chi connectivity index (χ1n) is 6.46. The minimum atomic E-state index is -0.0265. The van der Waals surface area contributed by atoms with E-state index in [2.05, 4.69) is 9.97 Å². The van der Waals surface area contributed by atoms with Crippen molar-refractivity contribution >= 4 is 10.9 Å². The van der Waals surface area contributed by atoms with Gasteiger partial charge in [-0.05, 0) is 30.7 Å². The smallest absolute Gasteiger partial charge is 0.219 e. The number of benzene rings is 1. The Kier molecular flexibility index (Phi) is 3.31. The van der Waals surface area contributed by atoms with Gasteiger partial charge in [0.05, 0.1) is 5.52 Å². The molecule has 100 valence electrons. The third kappa shape index (κ3) is 2.60. The van der Waals surface area contributed by atoms with E-state index >= 15 is 0 Å². The number of nitrogens with two attached hydrogens (primary N) is 1. The lowest BCUT2D eigenvalue weighted by molar-refractivity contribution is 0.463. The van der Waals surface area contributed by atoms with Crippen molar-refractivity contribution in [3.63, 3.8) is 0 Å². The van der Waals surface area contributed by atoms with E-state index in [9.17, 15) is 0 Å². The Bertz CT molecular complexity index is 723. The topological polar surface area (TPSA) is 61.0 Å². The quantitative estimate of drug-likeness (QED) is 0.788. The fourth-order valence-corrected chi connectivity index (χ4v) is 1.95. The molecule has 0 aliphatic heterocycles. The van der Waals surface area contributed by atoms with Crippen LogP contribution in [0.5, 0.6) is 11.6 Å². The van der Waals surface area contributed by atoms with Crippen LogP contribution in [0.15, 0.2) is 54.9 Å². The molecule has 2 aromatic heterocycles. The molecular formula is C16H15N3O. The second kappa shape index (κ2) is 5.27. The molecule has 4 heteroatoms. The Hall–Kier alpha value is -2.46. The summed E-state index contributed by atoms with van der Waals surface area (Å²) in [4.78, 5) is 8.56. The van der Waals surface area contributed by atoms with Crippen LogP contribution < -0.4 is 10.5 Å².